The van der Waals surface area contributed by atoms with Crippen molar-refractivity contribution in [3.8, 4) is 0 Å². The molecule has 0 heterocycles. The molecule has 0 amide bonds. The number of hydrogen-bond donors (Lipinski definition) is 1. The van der Waals surface area contributed by atoms with E-state index < -0.39 is 19.9 Å². The maximum absolute atomic E-state index is 10.7. The third-order valence-electron chi connectivity index (χ3n) is 1.34. The van der Waals surface area contributed by atoms with E-state index in [2.05, 4.69) is 11.3 Å². The molecule has 0 bridgehead atoms. The third kappa shape index (κ3) is 36.0. The van der Waals surface area contributed by atoms with Crippen molar-refractivity contribution in [3.05, 3.63) is 12.7 Å². The Hall–Kier alpha value is -0.860. The van der Waals surface area contributed by atoms with Crippen LogP contribution in [0.1, 0.15) is 0 Å². The van der Waals surface area contributed by atoms with Gasteiger partial charge in [0.25, 0.3) is 0 Å². The molecule has 0 aliphatic carbocycles. The van der Waals surface area contributed by atoms with E-state index in [1.54, 1.807) is 0 Å². The Labute approximate surface area is 112 Å². The Morgan fingerprint density at radius 2 is 1.60 bits per heavy atom. The summed E-state index contributed by atoms with van der Waals surface area (Å²) in [6.45, 7) is 3.83. The summed E-state index contributed by atoms with van der Waals surface area (Å²) in [4.78, 5) is 10.6. The van der Waals surface area contributed by atoms with Crippen LogP contribution in [0.15, 0.2) is 12.7 Å². The first-order valence-corrected chi connectivity index (χ1v) is 7.17. The number of hydrogen-bond acceptors (Lipinski definition) is 3. The molecule has 4 nitrogen and oxygen atoms in total. The van der Waals surface area contributed by atoms with Gasteiger partial charge in [0.05, 0.1) is 21.1 Å². The molecular formula is C9H18F6NO3P. The molecule has 0 aliphatic rings. The number of carbonyl (C=O) groups excluding carboxylic acids is 1. The van der Waals surface area contributed by atoms with Gasteiger partial charge in [-0.25, -0.2) is 4.79 Å². The van der Waals surface area contributed by atoms with Crippen LogP contribution in [0, 0.1) is 0 Å². The van der Waals surface area contributed by atoms with Gasteiger partial charge in [0.2, 0.25) is 0 Å². The first-order valence-electron chi connectivity index (χ1n) is 5.14. The van der Waals surface area contributed by atoms with Crippen LogP contribution < -0.4 is 0 Å². The van der Waals surface area contributed by atoms with Crippen LogP contribution in [0.3, 0.4) is 0 Å². The molecule has 0 saturated carbocycles. The van der Waals surface area contributed by atoms with Crippen molar-refractivity contribution in [1.82, 2.24) is 0 Å². The molecule has 0 rings (SSSR count). The Morgan fingerprint density at radius 1 is 1.25 bits per heavy atom. The molecule has 0 aromatic heterocycles. The third-order valence-corrected chi connectivity index (χ3v) is 1.34. The molecule has 11 heteroatoms. The van der Waals surface area contributed by atoms with E-state index in [0.717, 1.165) is 6.08 Å². The predicted octanol–water partition coefficient (Wildman–Crippen LogP) is 3.17. The zero-order valence-corrected chi connectivity index (χ0v) is 12.1. The zero-order valence-electron chi connectivity index (χ0n) is 11.2. The molecule has 0 aromatic carbocycles. The first-order chi connectivity index (χ1) is 8.30. The van der Waals surface area contributed by atoms with Gasteiger partial charge in [-0.15, -0.1) is 0 Å². The molecule has 20 heavy (non-hydrogen) atoms. The van der Waals surface area contributed by atoms with E-state index in [-0.39, 0.29) is 6.61 Å². The minimum atomic E-state index is -10.7. The number of rotatable bonds is 5. The van der Waals surface area contributed by atoms with Crippen molar-refractivity contribution in [3.63, 3.8) is 0 Å². The van der Waals surface area contributed by atoms with Crippen molar-refractivity contribution in [1.29, 1.82) is 0 Å². The van der Waals surface area contributed by atoms with Gasteiger partial charge in [-0.05, 0) is 0 Å². The maximum atomic E-state index is 10.6. The van der Waals surface area contributed by atoms with Crippen LogP contribution in [0.2, 0.25) is 0 Å². The first kappa shape index (κ1) is 21.4. The summed E-state index contributed by atoms with van der Waals surface area (Å²) in [5.74, 6) is -0.500. The van der Waals surface area contributed by atoms with Gasteiger partial charge in [0, 0.05) is 6.08 Å². The van der Waals surface area contributed by atoms with Crippen LogP contribution in [-0.2, 0) is 9.53 Å². The number of ether oxygens (including phenoxy) is 1. The van der Waals surface area contributed by atoms with E-state index >= 15 is 0 Å². The number of halogens is 6. The van der Waals surface area contributed by atoms with E-state index in [0.29, 0.717) is 11.0 Å². The van der Waals surface area contributed by atoms with Crippen LogP contribution >= 0.6 is 7.81 Å². The van der Waals surface area contributed by atoms with Crippen LogP contribution in [0.4, 0.5) is 25.2 Å². The summed E-state index contributed by atoms with van der Waals surface area (Å²) in [6.07, 6.45) is 0.461. The van der Waals surface area contributed by atoms with Gasteiger partial charge in [-0.1, -0.05) is 6.58 Å². The summed E-state index contributed by atoms with van der Waals surface area (Å²) in [5.41, 5.74) is 0. The molecule has 0 aliphatic heterocycles. The van der Waals surface area contributed by atoms with Crippen molar-refractivity contribution in [2.24, 2.45) is 0 Å². The summed E-state index contributed by atoms with van der Waals surface area (Å²) >= 11 is 0. The second-order valence-corrected chi connectivity index (χ2v) is 6.84. The van der Waals surface area contributed by atoms with Gasteiger partial charge in [-0.2, -0.15) is 0 Å². The monoisotopic (exact) mass is 333 g/mol. The summed E-state index contributed by atoms with van der Waals surface area (Å²) < 4.78 is 64.5. The second-order valence-electron chi connectivity index (χ2n) is 4.92. The quantitative estimate of drug-likeness (QED) is 0.276. The molecular weight excluding hydrogens is 315 g/mol. The van der Waals surface area contributed by atoms with Crippen molar-refractivity contribution in [2.45, 2.75) is 6.10 Å². The van der Waals surface area contributed by atoms with Crippen LogP contribution in [-0.4, -0.2) is 56.0 Å². The molecule has 124 valence electrons. The van der Waals surface area contributed by atoms with Gasteiger partial charge in [-0.3, -0.25) is 0 Å². The molecule has 0 radical (unpaired) electrons. The SMILES string of the molecule is C=CC(=O)OCC(O)C[N+](C)(C)C.F[P-](F)(F)(F)(F)F. The van der Waals surface area contributed by atoms with Gasteiger partial charge in [0.15, 0.2) is 0 Å². The number of quaternary nitrogens is 1. The summed E-state index contributed by atoms with van der Waals surface area (Å²) in [6, 6.07) is 0. The minimum absolute atomic E-state index is 0.0281. The molecule has 1 N–H and O–H groups in total. The molecule has 1 atom stereocenters. The fraction of sp³-hybridized carbons (Fsp3) is 0.667. The normalized spacial score (nSPS) is 16.9. The van der Waals surface area contributed by atoms with E-state index in [4.69, 9.17) is 0 Å². The van der Waals surface area contributed by atoms with Crippen LogP contribution in [0.25, 0.3) is 0 Å². The van der Waals surface area contributed by atoms with Gasteiger partial charge in [0.1, 0.15) is 19.3 Å². The fourth-order valence-electron chi connectivity index (χ4n) is 0.922. The Morgan fingerprint density at radius 3 is 1.85 bits per heavy atom. The number of likely N-dealkylation sites (N-methyl/N-ethyl adjacent to an activating group) is 1. The van der Waals surface area contributed by atoms with Crippen LogP contribution in [0.5, 0.6) is 0 Å². The number of aliphatic hydroxyl groups excluding tert-OH is 1. The molecule has 1 unspecified atom stereocenters. The van der Waals surface area contributed by atoms with Gasteiger partial charge >= 0.3 is 39.0 Å². The molecule has 0 aromatic rings. The van der Waals surface area contributed by atoms with E-state index in [1.807, 2.05) is 21.1 Å². The van der Waals surface area contributed by atoms with Gasteiger partial charge < -0.3 is 14.3 Å². The van der Waals surface area contributed by atoms with Crippen molar-refractivity contribution in [2.75, 3.05) is 34.3 Å². The average molecular weight is 333 g/mol. The molecule has 0 spiro atoms. The molecule has 0 saturated heterocycles. The van der Waals surface area contributed by atoms with E-state index in [1.165, 1.54) is 0 Å². The summed E-state index contributed by atoms with van der Waals surface area (Å²) in [7, 11) is -4.79. The Balaban J connectivity index is 0. The Bertz CT molecular complexity index is 336. The Kier molecular flexibility index (Phi) is 6.29. The number of esters is 1. The second kappa shape index (κ2) is 5.87. The predicted molar refractivity (Wildman–Crippen MR) is 63.6 cm³/mol. The fourth-order valence-corrected chi connectivity index (χ4v) is 0.922. The molecule has 0 fully saturated rings. The average Bonchev–Trinajstić information content (AvgIpc) is 2.06. The number of nitrogens with zero attached hydrogens (tertiary/aromatic N) is 1. The zero-order chi connectivity index (χ0) is 16.9. The standard InChI is InChI=1S/C9H18NO3.F6P/c1-5-9(12)13-7-8(11)6-10(2,3)4;1-7(2,3,4,5)6/h5,8,11H,1,6-7H2,2-4H3;/q+1;-1. The van der Waals surface area contributed by atoms with E-state index in [9.17, 15) is 35.1 Å². The topological polar surface area (TPSA) is 46.5 Å². The number of aliphatic hydroxyl groups is 1. The summed E-state index contributed by atoms with van der Waals surface area (Å²) in [5, 5.41) is 9.40. The van der Waals surface area contributed by atoms with Crippen molar-refractivity contribution < 1.29 is 44.3 Å². The number of carbonyl (C=O) groups is 1. The van der Waals surface area contributed by atoms with Crippen molar-refractivity contribution >= 4 is 13.8 Å².